The zero-order valence-corrected chi connectivity index (χ0v) is 14.2. The predicted molar refractivity (Wildman–Crippen MR) is 94.0 cm³/mol. The maximum absolute atomic E-state index is 11.0. The Morgan fingerprint density at radius 2 is 1.62 bits per heavy atom. The van der Waals surface area contributed by atoms with Crippen molar-refractivity contribution in [3.05, 3.63) is 59.4 Å². The van der Waals surface area contributed by atoms with E-state index in [1.54, 1.807) is 6.07 Å². The molecule has 6 heteroatoms. The summed E-state index contributed by atoms with van der Waals surface area (Å²) in [6, 6.07) is 9.38. The molecule has 0 saturated carbocycles. The van der Waals surface area contributed by atoms with Gasteiger partial charge in [-0.3, -0.25) is 0 Å². The Morgan fingerprint density at radius 1 is 1.04 bits per heavy atom. The molecule has 1 aromatic carbocycles. The van der Waals surface area contributed by atoms with Crippen molar-refractivity contribution in [2.24, 2.45) is 0 Å². The first-order valence-electron chi connectivity index (χ1n) is 8.26. The summed E-state index contributed by atoms with van der Waals surface area (Å²) in [5.41, 5.74) is 0.365. The zero-order chi connectivity index (χ0) is 18.3. The number of rotatable bonds is 1. The van der Waals surface area contributed by atoms with Crippen molar-refractivity contribution < 1.29 is 14.9 Å². The summed E-state index contributed by atoms with van der Waals surface area (Å²) in [6.45, 7) is 3.72. The number of ether oxygens (including phenoxy) is 1. The van der Waals surface area contributed by atoms with Crippen LogP contribution in [0, 0.1) is 11.3 Å². The SMILES string of the molecule is C[C@]12C=C[C@](C)(O1)c1c2c(O)n(-c2cnc(C#N)c3ccccc23)c1O. The summed E-state index contributed by atoms with van der Waals surface area (Å²) < 4.78 is 7.41. The monoisotopic (exact) mass is 345 g/mol. The van der Waals surface area contributed by atoms with E-state index in [1.807, 2.05) is 44.2 Å². The highest BCUT2D eigenvalue weighted by Crippen LogP contribution is 2.61. The first-order valence-corrected chi connectivity index (χ1v) is 8.26. The van der Waals surface area contributed by atoms with Crippen molar-refractivity contribution in [1.82, 2.24) is 9.55 Å². The second-order valence-electron chi connectivity index (χ2n) is 7.03. The van der Waals surface area contributed by atoms with Crippen molar-refractivity contribution in [2.75, 3.05) is 0 Å². The fourth-order valence-electron chi connectivity index (χ4n) is 4.26. The number of nitriles is 1. The molecule has 0 spiro atoms. The maximum Gasteiger partial charge on any atom is 0.205 e. The molecule has 0 aliphatic carbocycles. The predicted octanol–water partition coefficient (Wildman–Crippen LogP) is 3.34. The second-order valence-corrected chi connectivity index (χ2v) is 7.03. The molecule has 0 unspecified atom stereocenters. The van der Waals surface area contributed by atoms with Crippen molar-refractivity contribution in [3.63, 3.8) is 0 Å². The lowest BCUT2D eigenvalue weighted by Crippen LogP contribution is -2.19. The Balaban J connectivity index is 1.87. The Bertz CT molecular complexity index is 1150. The van der Waals surface area contributed by atoms with Gasteiger partial charge in [-0.15, -0.1) is 0 Å². The van der Waals surface area contributed by atoms with Gasteiger partial charge in [0.1, 0.15) is 23.0 Å². The molecule has 2 aliphatic heterocycles. The third-order valence-corrected chi connectivity index (χ3v) is 5.38. The van der Waals surface area contributed by atoms with E-state index >= 15 is 0 Å². The van der Waals surface area contributed by atoms with E-state index in [0.717, 1.165) is 5.39 Å². The van der Waals surface area contributed by atoms with Gasteiger partial charge in [0.05, 0.1) is 23.0 Å². The normalized spacial score (nSPS) is 25.6. The van der Waals surface area contributed by atoms with Gasteiger partial charge >= 0.3 is 0 Å². The van der Waals surface area contributed by atoms with Crippen molar-refractivity contribution in [2.45, 2.75) is 25.0 Å². The van der Waals surface area contributed by atoms with Crippen molar-refractivity contribution in [1.29, 1.82) is 5.26 Å². The Hall–Kier alpha value is -3.30. The zero-order valence-electron chi connectivity index (χ0n) is 14.2. The Labute approximate surface area is 149 Å². The largest absolute Gasteiger partial charge is 0.494 e. The van der Waals surface area contributed by atoms with Crippen LogP contribution in [0.3, 0.4) is 0 Å². The van der Waals surface area contributed by atoms with Crippen LogP contribution < -0.4 is 0 Å². The highest BCUT2D eigenvalue weighted by Gasteiger charge is 2.56. The van der Waals surface area contributed by atoms with Crippen LogP contribution in [0.2, 0.25) is 0 Å². The van der Waals surface area contributed by atoms with Crippen LogP contribution in [0.15, 0.2) is 42.6 Å². The summed E-state index contributed by atoms with van der Waals surface area (Å²) in [5, 5.41) is 32.6. The highest BCUT2D eigenvalue weighted by molar-refractivity contribution is 5.93. The lowest BCUT2D eigenvalue weighted by molar-refractivity contribution is -0.0517. The van der Waals surface area contributed by atoms with Crippen LogP contribution in [0.5, 0.6) is 11.8 Å². The number of aromatic hydroxyl groups is 2. The number of fused-ring (bicyclic) bond motifs is 6. The van der Waals surface area contributed by atoms with Crippen molar-refractivity contribution >= 4 is 10.8 Å². The fourth-order valence-corrected chi connectivity index (χ4v) is 4.26. The average molecular weight is 345 g/mol. The van der Waals surface area contributed by atoms with Gasteiger partial charge in [-0.05, 0) is 26.0 Å². The fraction of sp³-hybridized carbons (Fsp3) is 0.200. The van der Waals surface area contributed by atoms with Gasteiger partial charge in [0.25, 0.3) is 0 Å². The molecule has 2 aliphatic rings. The van der Waals surface area contributed by atoms with E-state index < -0.39 is 11.2 Å². The van der Waals surface area contributed by atoms with Gasteiger partial charge in [-0.2, -0.15) is 5.26 Å². The smallest absolute Gasteiger partial charge is 0.205 e. The van der Waals surface area contributed by atoms with E-state index in [-0.39, 0.29) is 11.8 Å². The minimum absolute atomic E-state index is 0.0789. The number of benzene rings is 1. The summed E-state index contributed by atoms with van der Waals surface area (Å²) in [5.74, 6) is -0.158. The molecular formula is C20H15N3O3. The topological polar surface area (TPSA) is 91.3 Å². The molecule has 5 rings (SSSR count). The molecule has 26 heavy (non-hydrogen) atoms. The van der Waals surface area contributed by atoms with Crippen molar-refractivity contribution in [3.8, 4) is 23.5 Å². The molecule has 128 valence electrons. The van der Waals surface area contributed by atoms with Gasteiger partial charge < -0.3 is 14.9 Å². The molecule has 2 N–H and O–H groups in total. The Morgan fingerprint density at radius 3 is 2.19 bits per heavy atom. The first kappa shape index (κ1) is 15.0. The molecular weight excluding hydrogens is 330 g/mol. The van der Waals surface area contributed by atoms with Gasteiger partial charge in [0.15, 0.2) is 0 Å². The summed E-state index contributed by atoms with van der Waals surface area (Å²) >= 11 is 0. The molecule has 2 atom stereocenters. The summed E-state index contributed by atoms with van der Waals surface area (Å²) in [7, 11) is 0. The van der Waals surface area contributed by atoms with Crippen LogP contribution in [0.25, 0.3) is 16.5 Å². The molecule has 2 bridgehead atoms. The van der Waals surface area contributed by atoms with Gasteiger partial charge in [-0.1, -0.05) is 24.3 Å². The number of aromatic nitrogens is 2. The minimum Gasteiger partial charge on any atom is -0.494 e. The molecule has 0 fully saturated rings. The lowest BCUT2D eigenvalue weighted by atomic mass is 9.86. The van der Waals surface area contributed by atoms with Crippen LogP contribution in [0.1, 0.15) is 30.7 Å². The Kier molecular flexibility index (Phi) is 2.57. The minimum atomic E-state index is -0.785. The van der Waals surface area contributed by atoms with Gasteiger partial charge in [-0.25, -0.2) is 9.55 Å². The van der Waals surface area contributed by atoms with E-state index in [0.29, 0.717) is 27.9 Å². The van der Waals surface area contributed by atoms with Gasteiger partial charge in [0, 0.05) is 10.8 Å². The van der Waals surface area contributed by atoms with Crippen LogP contribution >= 0.6 is 0 Å². The third kappa shape index (κ3) is 1.56. The van der Waals surface area contributed by atoms with Crippen LogP contribution in [0.4, 0.5) is 0 Å². The molecule has 6 nitrogen and oxygen atoms in total. The van der Waals surface area contributed by atoms with Crippen LogP contribution in [-0.2, 0) is 15.9 Å². The number of nitrogens with zero attached hydrogens (tertiary/aromatic N) is 3. The van der Waals surface area contributed by atoms with E-state index in [1.165, 1.54) is 10.8 Å². The van der Waals surface area contributed by atoms with E-state index in [9.17, 15) is 15.5 Å². The summed E-state index contributed by atoms with van der Waals surface area (Å²) in [4.78, 5) is 4.20. The molecule has 0 radical (unpaired) electrons. The molecule has 2 aromatic heterocycles. The average Bonchev–Trinajstić information content (AvgIpc) is 3.18. The maximum atomic E-state index is 11.0. The molecule has 4 heterocycles. The second kappa shape index (κ2) is 4.45. The number of pyridine rings is 1. The van der Waals surface area contributed by atoms with E-state index in [4.69, 9.17) is 4.74 Å². The molecule has 0 saturated heterocycles. The van der Waals surface area contributed by atoms with Gasteiger partial charge in [0.2, 0.25) is 11.8 Å². The number of hydrogen-bond donors (Lipinski definition) is 2. The quantitative estimate of drug-likeness (QED) is 0.660. The third-order valence-electron chi connectivity index (χ3n) is 5.38. The highest BCUT2D eigenvalue weighted by atomic mass is 16.5. The first-order chi connectivity index (χ1) is 12.4. The molecule has 3 aromatic rings. The molecule has 0 amide bonds. The van der Waals surface area contributed by atoms with E-state index in [2.05, 4.69) is 11.1 Å². The lowest BCUT2D eigenvalue weighted by Gasteiger charge is -2.21. The summed E-state index contributed by atoms with van der Waals surface area (Å²) in [6.07, 6.45) is 5.29. The number of hydrogen-bond acceptors (Lipinski definition) is 5. The standard InChI is InChI=1S/C20H15N3O3/c1-19-7-8-20(2,26-19)16-15(19)17(24)23(18(16)25)14-10-22-13(9-21)11-5-3-4-6-12(11)14/h3-8,10,24-25H,1-2H3/t19-,20+. The van der Waals surface area contributed by atoms with Crippen LogP contribution in [-0.4, -0.2) is 19.8 Å².